The van der Waals surface area contributed by atoms with Crippen LogP contribution in [0, 0.1) is 0 Å². The molecule has 2 N–H and O–H groups in total. The van der Waals surface area contributed by atoms with Crippen molar-refractivity contribution in [1.29, 1.82) is 0 Å². The molecule has 0 aliphatic carbocycles. The van der Waals surface area contributed by atoms with Crippen LogP contribution in [-0.4, -0.2) is 56.4 Å². The van der Waals surface area contributed by atoms with E-state index in [9.17, 15) is 13.2 Å². The molecular formula is C27H30ClN3O4S. The largest absolute Gasteiger partial charge is 0.379 e. The monoisotopic (exact) mass is 527 g/mol. The Kier molecular flexibility index (Phi) is 8.77. The van der Waals surface area contributed by atoms with Crippen LogP contribution in [0.15, 0.2) is 83.8 Å². The second-order valence-corrected chi connectivity index (χ2v) is 11.1. The molecule has 190 valence electrons. The number of halogens is 1. The maximum atomic E-state index is 13.7. The molecule has 0 bridgehead atoms. The van der Waals surface area contributed by atoms with Crippen LogP contribution in [-0.2, 0) is 32.5 Å². The van der Waals surface area contributed by atoms with Crippen LogP contribution in [0.3, 0.4) is 0 Å². The van der Waals surface area contributed by atoms with Gasteiger partial charge in [-0.25, -0.2) is 8.42 Å². The lowest BCUT2D eigenvalue weighted by Gasteiger charge is -2.29. The minimum absolute atomic E-state index is 0.0509. The molecule has 1 fully saturated rings. The number of nitrogens with zero attached hydrogens (tertiary/aromatic N) is 2. The molecule has 7 nitrogen and oxygen atoms in total. The van der Waals surface area contributed by atoms with Gasteiger partial charge in [0, 0.05) is 31.2 Å². The number of hydrogen-bond donors (Lipinski definition) is 1. The van der Waals surface area contributed by atoms with Crippen molar-refractivity contribution in [1.82, 2.24) is 9.21 Å². The number of amides is 1. The normalized spacial score (nSPS) is 15.6. The molecule has 3 aromatic carbocycles. The Morgan fingerprint density at radius 2 is 1.56 bits per heavy atom. The average Bonchev–Trinajstić information content (AvgIpc) is 2.88. The van der Waals surface area contributed by atoms with Crippen LogP contribution in [0.4, 0.5) is 0 Å². The van der Waals surface area contributed by atoms with Gasteiger partial charge in [-0.1, -0.05) is 66.2 Å². The first-order valence-corrected chi connectivity index (χ1v) is 13.7. The molecular weight excluding hydrogens is 498 g/mol. The zero-order valence-corrected chi connectivity index (χ0v) is 21.5. The van der Waals surface area contributed by atoms with Crippen molar-refractivity contribution < 1.29 is 17.9 Å². The van der Waals surface area contributed by atoms with Crippen molar-refractivity contribution in [3.05, 3.63) is 101 Å². The van der Waals surface area contributed by atoms with Gasteiger partial charge in [0.1, 0.15) is 6.04 Å². The Labute approximate surface area is 217 Å². The van der Waals surface area contributed by atoms with Crippen LogP contribution in [0.5, 0.6) is 0 Å². The smallest absolute Gasteiger partial charge is 0.244 e. The summed E-state index contributed by atoms with van der Waals surface area (Å²) in [6, 6.07) is 21.6. The van der Waals surface area contributed by atoms with E-state index in [1.165, 1.54) is 34.1 Å². The fourth-order valence-electron chi connectivity index (χ4n) is 4.31. The zero-order chi connectivity index (χ0) is 25.5. The van der Waals surface area contributed by atoms with Crippen molar-refractivity contribution >= 4 is 27.5 Å². The van der Waals surface area contributed by atoms with Crippen LogP contribution in [0.2, 0.25) is 5.02 Å². The predicted octanol–water partition coefficient (Wildman–Crippen LogP) is 3.63. The van der Waals surface area contributed by atoms with Crippen molar-refractivity contribution in [2.75, 3.05) is 32.8 Å². The van der Waals surface area contributed by atoms with E-state index < -0.39 is 22.0 Å². The summed E-state index contributed by atoms with van der Waals surface area (Å²) in [6.07, 6.45) is 0.418. The Bertz CT molecular complexity index is 1250. The van der Waals surface area contributed by atoms with E-state index in [-0.39, 0.29) is 11.4 Å². The first kappa shape index (κ1) is 26.3. The van der Waals surface area contributed by atoms with Crippen molar-refractivity contribution in [3.63, 3.8) is 0 Å². The third-order valence-electron chi connectivity index (χ3n) is 6.25. The van der Waals surface area contributed by atoms with Crippen LogP contribution in [0.1, 0.15) is 22.7 Å². The highest BCUT2D eigenvalue weighted by Crippen LogP contribution is 2.29. The maximum absolute atomic E-state index is 13.7. The highest BCUT2D eigenvalue weighted by Gasteiger charge is 2.35. The average molecular weight is 528 g/mol. The molecule has 0 saturated carbocycles. The van der Waals surface area contributed by atoms with Gasteiger partial charge >= 0.3 is 0 Å². The number of carbonyl (C=O) groups excluding carboxylic acids is 1. The first-order valence-electron chi connectivity index (χ1n) is 11.8. The van der Waals surface area contributed by atoms with E-state index in [1.54, 1.807) is 30.3 Å². The molecule has 1 heterocycles. The highest BCUT2D eigenvalue weighted by atomic mass is 35.5. The topological polar surface area (TPSA) is 92.9 Å². The number of primary amides is 1. The maximum Gasteiger partial charge on any atom is 0.244 e. The summed E-state index contributed by atoms with van der Waals surface area (Å²) in [7, 11) is -4.05. The number of hydrogen-bond acceptors (Lipinski definition) is 5. The number of rotatable bonds is 10. The Hall–Kier alpha value is -2.75. The summed E-state index contributed by atoms with van der Waals surface area (Å²) >= 11 is 5.97. The van der Waals surface area contributed by atoms with E-state index in [0.717, 1.165) is 38.4 Å². The fraction of sp³-hybridized carbons (Fsp3) is 0.296. The number of morpholine rings is 1. The Morgan fingerprint density at radius 1 is 0.944 bits per heavy atom. The van der Waals surface area contributed by atoms with Gasteiger partial charge in [0.2, 0.25) is 15.9 Å². The predicted molar refractivity (Wildman–Crippen MR) is 140 cm³/mol. The summed E-state index contributed by atoms with van der Waals surface area (Å²) in [5.74, 6) is -0.736. The molecule has 36 heavy (non-hydrogen) atoms. The van der Waals surface area contributed by atoms with Gasteiger partial charge < -0.3 is 10.5 Å². The molecule has 0 spiro atoms. The molecule has 3 aromatic rings. The Balaban J connectivity index is 1.58. The minimum atomic E-state index is -4.05. The standard InChI is InChI=1S/C27H30ClN3O4S/c28-24-10-12-25(13-11-24)36(33,34)31(26(27(29)32)23-4-2-1-3-5-23)15-14-21-6-8-22(9-7-21)20-30-16-18-35-19-17-30/h1-13,26H,14-20H2,(H2,29,32). The quantitative estimate of drug-likeness (QED) is 0.434. The second-order valence-electron chi connectivity index (χ2n) is 8.74. The van der Waals surface area contributed by atoms with Gasteiger partial charge in [-0.2, -0.15) is 4.31 Å². The van der Waals surface area contributed by atoms with E-state index in [2.05, 4.69) is 17.0 Å². The van der Waals surface area contributed by atoms with E-state index in [4.69, 9.17) is 22.1 Å². The fourth-order valence-corrected chi connectivity index (χ4v) is 6.02. The lowest BCUT2D eigenvalue weighted by molar-refractivity contribution is -0.121. The summed E-state index contributed by atoms with van der Waals surface area (Å²) < 4.78 is 34.0. The first-order chi connectivity index (χ1) is 17.3. The number of benzene rings is 3. The van der Waals surface area contributed by atoms with E-state index >= 15 is 0 Å². The van der Waals surface area contributed by atoms with Crippen molar-refractivity contribution in [2.45, 2.75) is 23.9 Å². The van der Waals surface area contributed by atoms with Crippen LogP contribution < -0.4 is 5.73 Å². The molecule has 0 radical (unpaired) electrons. The summed E-state index contributed by atoms with van der Waals surface area (Å²) in [6.45, 7) is 4.24. The van der Waals surface area contributed by atoms with Gasteiger partial charge in [0.05, 0.1) is 18.1 Å². The summed E-state index contributed by atoms with van der Waals surface area (Å²) in [4.78, 5) is 15.0. The van der Waals surface area contributed by atoms with E-state index in [1.807, 2.05) is 12.1 Å². The van der Waals surface area contributed by atoms with Gasteiger partial charge in [0.25, 0.3) is 0 Å². The number of nitrogens with two attached hydrogens (primary N) is 1. The van der Waals surface area contributed by atoms with Gasteiger partial charge in [-0.3, -0.25) is 9.69 Å². The van der Waals surface area contributed by atoms with Gasteiger partial charge in [-0.15, -0.1) is 0 Å². The third-order valence-corrected chi connectivity index (χ3v) is 8.38. The zero-order valence-electron chi connectivity index (χ0n) is 19.9. The Morgan fingerprint density at radius 3 is 2.17 bits per heavy atom. The number of carbonyl (C=O) groups is 1. The molecule has 1 saturated heterocycles. The second kappa shape index (κ2) is 12.0. The number of ether oxygens (including phenoxy) is 1. The third kappa shape index (κ3) is 6.52. The minimum Gasteiger partial charge on any atom is -0.379 e. The van der Waals surface area contributed by atoms with Crippen molar-refractivity contribution in [3.8, 4) is 0 Å². The molecule has 1 unspecified atom stereocenters. The molecule has 0 aromatic heterocycles. The van der Waals surface area contributed by atoms with Crippen molar-refractivity contribution in [2.24, 2.45) is 5.73 Å². The molecule has 4 rings (SSSR count). The lowest BCUT2D eigenvalue weighted by atomic mass is 10.1. The van der Waals surface area contributed by atoms with Crippen LogP contribution >= 0.6 is 11.6 Å². The van der Waals surface area contributed by atoms with E-state index in [0.29, 0.717) is 17.0 Å². The number of sulfonamides is 1. The SMILES string of the molecule is NC(=O)C(c1ccccc1)N(CCc1ccc(CN2CCOCC2)cc1)S(=O)(=O)c1ccc(Cl)cc1. The molecule has 9 heteroatoms. The summed E-state index contributed by atoms with van der Waals surface area (Å²) in [5, 5.41) is 0.423. The van der Waals surface area contributed by atoms with Gasteiger partial charge in [-0.05, 0) is 47.4 Å². The summed E-state index contributed by atoms with van der Waals surface area (Å²) in [5.41, 5.74) is 8.44. The highest BCUT2D eigenvalue weighted by molar-refractivity contribution is 7.89. The molecule has 1 aliphatic heterocycles. The molecule has 1 amide bonds. The molecule has 1 atom stereocenters. The van der Waals surface area contributed by atoms with Crippen LogP contribution in [0.25, 0.3) is 0 Å². The lowest BCUT2D eigenvalue weighted by Crippen LogP contribution is -2.42. The molecule has 1 aliphatic rings. The van der Waals surface area contributed by atoms with Gasteiger partial charge in [0.15, 0.2) is 0 Å².